The van der Waals surface area contributed by atoms with E-state index in [2.05, 4.69) is 20.3 Å². The molecule has 1 aliphatic heterocycles. The lowest BCUT2D eigenvalue weighted by molar-refractivity contribution is -0.118. The van der Waals surface area contributed by atoms with E-state index in [1.165, 1.54) is 17.8 Å². The molecule has 4 atom stereocenters. The molecular formula is C27H43FN5O8PS2. The molecule has 3 heterocycles. The third kappa shape index (κ3) is 8.99. The van der Waals surface area contributed by atoms with E-state index in [0.29, 0.717) is 22.8 Å². The van der Waals surface area contributed by atoms with Crippen molar-refractivity contribution in [1.29, 1.82) is 0 Å². The Hall–Kier alpha value is -1.65. The first-order chi connectivity index (χ1) is 20.3. The second-order valence-corrected chi connectivity index (χ2v) is 16.3. The largest absolute Gasteiger partial charge is 0.474 e. The molecule has 1 saturated heterocycles. The number of carbonyl (C=O) groups is 2. The summed E-state index contributed by atoms with van der Waals surface area (Å²) in [6, 6.07) is 0. The quantitative estimate of drug-likeness (QED) is 0.216. The average molecular weight is 680 g/mol. The van der Waals surface area contributed by atoms with Crippen LogP contribution in [0.2, 0.25) is 0 Å². The van der Waals surface area contributed by atoms with Gasteiger partial charge in [0, 0.05) is 29.4 Å². The number of thioether (sulfide) groups is 2. The van der Waals surface area contributed by atoms with Crippen molar-refractivity contribution in [3.63, 3.8) is 0 Å². The van der Waals surface area contributed by atoms with E-state index in [0.717, 1.165) is 23.5 Å². The lowest BCUT2D eigenvalue weighted by Gasteiger charge is -2.24. The van der Waals surface area contributed by atoms with Crippen molar-refractivity contribution >= 4 is 58.6 Å². The molecule has 0 spiro atoms. The number of phosphoric ester groups is 1. The summed E-state index contributed by atoms with van der Waals surface area (Å²) in [6.07, 6.45) is -2.96. The number of imidazole rings is 1. The van der Waals surface area contributed by atoms with Crippen molar-refractivity contribution in [2.45, 2.75) is 79.5 Å². The molecule has 0 aliphatic carbocycles. The molecule has 2 aromatic heterocycles. The minimum Gasteiger partial charge on any atom is -0.387 e. The number of alkyl halides is 1. The van der Waals surface area contributed by atoms with Gasteiger partial charge in [-0.15, -0.1) is 0 Å². The Morgan fingerprint density at radius 3 is 2.14 bits per heavy atom. The van der Waals surface area contributed by atoms with Crippen LogP contribution in [0, 0.1) is 17.8 Å². The summed E-state index contributed by atoms with van der Waals surface area (Å²) in [4.78, 5) is 37.5. The fourth-order valence-electron chi connectivity index (χ4n) is 4.00. The van der Waals surface area contributed by atoms with Gasteiger partial charge in [0.25, 0.3) is 0 Å². The summed E-state index contributed by atoms with van der Waals surface area (Å²) >= 11 is 2.05. The second-order valence-electron chi connectivity index (χ2n) is 12.5. The number of nitrogens with one attached hydrogen (secondary N) is 1. The normalized spacial score (nSPS) is 22.9. The number of aryl methyl sites for hydroxylation is 1. The number of aromatic nitrogens is 4. The molecule has 0 radical (unpaired) electrons. The average Bonchev–Trinajstić information content (AvgIpc) is 3.43. The van der Waals surface area contributed by atoms with Gasteiger partial charge in [0.05, 0.1) is 26.1 Å². The lowest BCUT2D eigenvalue weighted by atomic mass is 9.98. The SMILES string of the molecule is CNc1nc(C)nc2c1ncn2[C@@H]1O[C@H](COP(=O)(OCCSC(=O)C(C)(C)C)OCCSC(=O)C(C)(C)C)[C@@H](O)[C@@]1(C)F. The third-order valence-corrected chi connectivity index (χ3v) is 10.4. The van der Waals surface area contributed by atoms with Crippen LogP contribution in [-0.4, -0.2) is 91.1 Å². The van der Waals surface area contributed by atoms with Gasteiger partial charge in [-0.3, -0.25) is 27.7 Å². The molecule has 44 heavy (non-hydrogen) atoms. The molecule has 17 heteroatoms. The maximum absolute atomic E-state index is 16.0. The molecule has 1 aliphatic rings. The number of hydrogen-bond acceptors (Lipinski definition) is 14. The highest BCUT2D eigenvalue weighted by atomic mass is 32.2. The minimum atomic E-state index is -4.29. The monoisotopic (exact) mass is 679 g/mol. The maximum atomic E-state index is 16.0. The van der Waals surface area contributed by atoms with Crippen LogP contribution in [0.5, 0.6) is 0 Å². The van der Waals surface area contributed by atoms with Gasteiger partial charge >= 0.3 is 7.82 Å². The van der Waals surface area contributed by atoms with Gasteiger partial charge in [0.15, 0.2) is 39.1 Å². The van der Waals surface area contributed by atoms with Crippen molar-refractivity contribution in [3.05, 3.63) is 12.2 Å². The van der Waals surface area contributed by atoms with Gasteiger partial charge in [-0.05, 0) is 13.8 Å². The fourth-order valence-corrected chi connectivity index (χ4v) is 7.00. The molecule has 2 N–H and O–H groups in total. The molecule has 13 nitrogen and oxygen atoms in total. The fraction of sp³-hybridized carbons (Fsp3) is 0.741. The van der Waals surface area contributed by atoms with Gasteiger partial charge in [-0.2, -0.15) is 0 Å². The molecule has 2 aromatic rings. The Balaban J connectivity index is 1.72. The van der Waals surface area contributed by atoms with E-state index in [4.69, 9.17) is 18.3 Å². The Kier molecular flexibility index (Phi) is 12.1. The summed E-state index contributed by atoms with van der Waals surface area (Å²) in [6.45, 7) is 12.7. The van der Waals surface area contributed by atoms with E-state index in [1.54, 1.807) is 55.5 Å². The van der Waals surface area contributed by atoms with Crippen LogP contribution in [0.25, 0.3) is 11.2 Å². The number of aliphatic hydroxyl groups excluding tert-OH is 1. The van der Waals surface area contributed by atoms with Gasteiger partial charge in [0.1, 0.15) is 18.0 Å². The molecule has 3 rings (SSSR count). The van der Waals surface area contributed by atoms with Crippen LogP contribution >= 0.6 is 31.3 Å². The number of carbonyl (C=O) groups excluding carboxylic acids is 2. The molecule has 0 bridgehead atoms. The van der Waals surface area contributed by atoms with Crippen molar-refractivity contribution in [2.75, 3.05) is 43.7 Å². The minimum absolute atomic E-state index is 0.0695. The first-order valence-electron chi connectivity index (χ1n) is 14.1. The number of aliphatic hydroxyl groups is 1. The Labute approximate surface area is 265 Å². The number of ether oxygens (including phenoxy) is 1. The highest BCUT2D eigenvalue weighted by Gasteiger charge is 2.56. The first kappa shape index (κ1) is 36.8. The number of halogens is 1. The Morgan fingerprint density at radius 1 is 1.09 bits per heavy atom. The summed E-state index contributed by atoms with van der Waals surface area (Å²) < 4.78 is 53.4. The maximum Gasteiger partial charge on any atom is 0.474 e. The van der Waals surface area contributed by atoms with Gasteiger partial charge in [-0.25, -0.2) is 23.9 Å². The standard InChI is InChI=1S/C27H43FN5O8PS2/c1-16-31-20(29-9)18-21(32-16)33(15-30-18)22-27(8,28)19(34)17(41-22)14-40-42(37,38-10-12-43-23(35)25(2,3)4)39-11-13-44-24(36)26(5,6)7/h15,17,19,22,34H,10-14H2,1-9H3,(H,29,31,32)/t17-,19-,22-,27-/m1/s1. The van der Waals surface area contributed by atoms with Crippen LogP contribution in [0.1, 0.15) is 60.5 Å². The zero-order chi connectivity index (χ0) is 33.1. The predicted molar refractivity (Wildman–Crippen MR) is 168 cm³/mol. The zero-order valence-corrected chi connectivity index (χ0v) is 29.1. The highest BCUT2D eigenvalue weighted by molar-refractivity contribution is 8.14. The smallest absolute Gasteiger partial charge is 0.387 e. The number of rotatable bonds is 13. The van der Waals surface area contributed by atoms with Crippen LogP contribution < -0.4 is 5.32 Å². The Morgan fingerprint density at radius 2 is 1.64 bits per heavy atom. The number of anilines is 1. The van der Waals surface area contributed by atoms with Gasteiger partial charge in [0.2, 0.25) is 0 Å². The van der Waals surface area contributed by atoms with Crippen LogP contribution in [0.3, 0.4) is 0 Å². The predicted octanol–water partition coefficient (Wildman–Crippen LogP) is 4.93. The highest BCUT2D eigenvalue weighted by Crippen LogP contribution is 2.51. The molecule has 0 saturated carbocycles. The summed E-state index contributed by atoms with van der Waals surface area (Å²) in [5.41, 5.74) is -2.76. The van der Waals surface area contributed by atoms with E-state index in [9.17, 15) is 19.3 Å². The third-order valence-electron chi connectivity index (χ3n) is 6.49. The van der Waals surface area contributed by atoms with E-state index in [1.807, 2.05) is 0 Å². The number of phosphoric acid groups is 1. The van der Waals surface area contributed by atoms with E-state index >= 15 is 4.39 Å². The van der Waals surface area contributed by atoms with Crippen LogP contribution in [0.15, 0.2) is 6.33 Å². The van der Waals surface area contributed by atoms with Gasteiger partial charge < -0.3 is 15.2 Å². The van der Waals surface area contributed by atoms with Gasteiger partial charge in [-0.1, -0.05) is 65.1 Å². The topological polar surface area (TPSA) is 164 Å². The van der Waals surface area contributed by atoms with Crippen molar-refractivity contribution < 1.29 is 42.0 Å². The van der Waals surface area contributed by atoms with Crippen LogP contribution in [-0.2, 0) is 32.5 Å². The summed E-state index contributed by atoms with van der Waals surface area (Å²) in [7, 11) is -2.61. The molecular weight excluding hydrogens is 636 g/mol. The summed E-state index contributed by atoms with van der Waals surface area (Å²) in [5.74, 6) is 1.23. The van der Waals surface area contributed by atoms with Crippen LogP contribution in [0.4, 0.5) is 10.2 Å². The van der Waals surface area contributed by atoms with Crippen molar-refractivity contribution in [1.82, 2.24) is 19.5 Å². The van der Waals surface area contributed by atoms with E-state index < -0.39 is 49.4 Å². The molecule has 0 unspecified atom stereocenters. The van der Waals surface area contributed by atoms with Crippen molar-refractivity contribution in [2.24, 2.45) is 10.8 Å². The second kappa shape index (κ2) is 14.4. The van der Waals surface area contributed by atoms with E-state index in [-0.39, 0.29) is 35.0 Å². The number of fused-ring (bicyclic) bond motifs is 1. The van der Waals surface area contributed by atoms with Crippen molar-refractivity contribution in [3.8, 4) is 0 Å². The number of hydrogen-bond donors (Lipinski definition) is 2. The zero-order valence-electron chi connectivity index (χ0n) is 26.6. The molecule has 0 amide bonds. The summed E-state index contributed by atoms with van der Waals surface area (Å²) in [5, 5.41) is 13.7. The molecule has 0 aromatic carbocycles. The Bertz CT molecular complexity index is 1340. The first-order valence-corrected chi connectivity index (χ1v) is 17.5. The lowest BCUT2D eigenvalue weighted by Crippen LogP contribution is -2.40. The molecule has 1 fully saturated rings. The number of nitrogens with zero attached hydrogens (tertiary/aromatic N) is 4. The molecule has 248 valence electrons.